The SMILES string of the molecule is CC1NNNC1C(=O)N1CCc2ccccc2C1Cc1ccccc1. The molecule has 4 rings (SSSR count). The average molecular weight is 336 g/mol. The maximum absolute atomic E-state index is 13.2. The summed E-state index contributed by atoms with van der Waals surface area (Å²) in [5.74, 6) is 0.153. The summed E-state index contributed by atoms with van der Waals surface area (Å²) in [5, 5.41) is 0. The number of nitrogens with zero attached hydrogens (tertiary/aromatic N) is 1. The maximum Gasteiger partial charge on any atom is 0.243 e. The summed E-state index contributed by atoms with van der Waals surface area (Å²) in [6.45, 7) is 2.78. The lowest BCUT2D eigenvalue weighted by atomic mass is 9.88. The van der Waals surface area contributed by atoms with E-state index in [1.807, 2.05) is 13.0 Å². The molecule has 3 N–H and O–H groups in total. The third kappa shape index (κ3) is 3.18. The molecule has 0 bridgehead atoms. The van der Waals surface area contributed by atoms with E-state index in [2.05, 4.69) is 69.8 Å². The van der Waals surface area contributed by atoms with Crippen LogP contribution in [-0.2, 0) is 17.6 Å². The molecule has 0 aliphatic carbocycles. The second-order valence-corrected chi connectivity index (χ2v) is 6.87. The monoisotopic (exact) mass is 336 g/mol. The number of carbonyl (C=O) groups is 1. The minimum absolute atomic E-state index is 0.0574. The van der Waals surface area contributed by atoms with Gasteiger partial charge in [-0.15, -0.1) is 0 Å². The van der Waals surface area contributed by atoms with Gasteiger partial charge in [-0.25, -0.2) is 10.9 Å². The standard InChI is InChI=1S/C20H24N4O/c1-14-19(22-23-21-14)20(25)24-12-11-16-9-5-6-10-17(16)18(24)13-15-7-3-2-4-8-15/h2-10,14,18-19,21-23H,11-13H2,1H3. The van der Waals surface area contributed by atoms with Gasteiger partial charge in [0.2, 0.25) is 5.91 Å². The molecule has 1 amide bonds. The van der Waals surface area contributed by atoms with E-state index in [1.54, 1.807) is 0 Å². The molecule has 130 valence electrons. The molecule has 0 aromatic heterocycles. The maximum atomic E-state index is 13.2. The molecule has 5 nitrogen and oxygen atoms in total. The minimum atomic E-state index is -0.247. The van der Waals surface area contributed by atoms with E-state index >= 15 is 0 Å². The number of hydrogen-bond acceptors (Lipinski definition) is 4. The van der Waals surface area contributed by atoms with Gasteiger partial charge >= 0.3 is 0 Å². The Labute approximate surface area is 148 Å². The Morgan fingerprint density at radius 3 is 2.60 bits per heavy atom. The van der Waals surface area contributed by atoms with Gasteiger partial charge in [-0.3, -0.25) is 4.79 Å². The van der Waals surface area contributed by atoms with E-state index in [0.717, 1.165) is 19.4 Å². The van der Waals surface area contributed by atoms with Gasteiger partial charge in [0, 0.05) is 12.6 Å². The summed E-state index contributed by atoms with van der Waals surface area (Å²) < 4.78 is 0. The van der Waals surface area contributed by atoms with Gasteiger partial charge in [0.25, 0.3) is 0 Å². The molecule has 1 saturated heterocycles. The third-order valence-corrected chi connectivity index (χ3v) is 5.26. The van der Waals surface area contributed by atoms with E-state index in [0.29, 0.717) is 0 Å². The third-order valence-electron chi connectivity index (χ3n) is 5.26. The quantitative estimate of drug-likeness (QED) is 0.799. The van der Waals surface area contributed by atoms with Crippen LogP contribution in [0.4, 0.5) is 0 Å². The van der Waals surface area contributed by atoms with Crippen molar-refractivity contribution in [1.82, 2.24) is 21.3 Å². The zero-order valence-corrected chi connectivity index (χ0v) is 14.4. The lowest BCUT2D eigenvalue weighted by Crippen LogP contribution is -2.52. The van der Waals surface area contributed by atoms with Crippen LogP contribution in [0.25, 0.3) is 0 Å². The Morgan fingerprint density at radius 1 is 1.08 bits per heavy atom. The van der Waals surface area contributed by atoms with Crippen molar-refractivity contribution in [2.24, 2.45) is 0 Å². The predicted octanol–water partition coefficient (Wildman–Crippen LogP) is 1.72. The van der Waals surface area contributed by atoms with Crippen LogP contribution in [0.5, 0.6) is 0 Å². The summed E-state index contributed by atoms with van der Waals surface area (Å²) in [7, 11) is 0. The van der Waals surface area contributed by atoms with Crippen molar-refractivity contribution in [3.8, 4) is 0 Å². The highest BCUT2D eigenvalue weighted by molar-refractivity contribution is 5.83. The molecule has 3 atom stereocenters. The summed E-state index contributed by atoms with van der Waals surface area (Å²) in [6, 6.07) is 18.8. The van der Waals surface area contributed by atoms with Crippen LogP contribution in [0.1, 0.15) is 29.7 Å². The van der Waals surface area contributed by atoms with Crippen molar-refractivity contribution >= 4 is 5.91 Å². The van der Waals surface area contributed by atoms with Crippen LogP contribution in [0, 0.1) is 0 Å². The average Bonchev–Trinajstić information content (AvgIpc) is 3.08. The largest absolute Gasteiger partial charge is 0.334 e. The van der Waals surface area contributed by atoms with Gasteiger partial charge in [-0.05, 0) is 36.5 Å². The van der Waals surface area contributed by atoms with Gasteiger partial charge in [0.15, 0.2) is 0 Å². The molecule has 0 radical (unpaired) electrons. The smallest absolute Gasteiger partial charge is 0.243 e. The van der Waals surface area contributed by atoms with E-state index in [-0.39, 0.29) is 24.0 Å². The molecular weight excluding hydrogens is 312 g/mol. The zero-order valence-electron chi connectivity index (χ0n) is 14.4. The van der Waals surface area contributed by atoms with Crippen molar-refractivity contribution in [1.29, 1.82) is 0 Å². The number of fused-ring (bicyclic) bond motifs is 1. The molecule has 2 aromatic carbocycles. The normalized spacial score (nSPS) is 25.6. The Bertz CT molecular complexity index is 748. The van der Waals surface area contributed by atoms with Gasteiger partial charge < -0.3 is 4.90 Å². The number of carbonyl (C=O) groups excluding carboxylic acids is 1. The Hall–Kier alpha value is -2.21. The van der Waals surface area contributed by atoms with Crippen LogP contribution in [0.2, 0.25) is 0 Å². The molecular formula is C20H24N4O. The van der Waals surface area contributed by atoms with Crippen molar-refractivity contribution in [2.45, 2.75) is 37.9 Å². The highest BCUT2D eigenvalue weighted by Crippen LogP contribution is 2.33. The second-order valence-electron chi connectivity index (χ2n) is 6.87. The van der Waals surface area contributed by atoms with Crippen molar-refractivity contribution in [2.75, 3.05) is 6.54 Å². The van der Waals surface area contributed by atoms with E-state index < -0.39 is 0 Å². The Morgan fingerprint density at radius 2 is 1.84 bits per heavy atom. The summed E-state index contributed by atoms with van der Waals surface area (Å²) in [4.78, 5) is 15.3. The lowest BCUT2D eigenvalue weighted by Gasteiger charge is -2.39. The fourth-order valence-corrected chi connectivity index (χ4v) is 3.87. The first-order chi connectivity index (χ1) is 12.2. The number of rotatable bonds is 3. The van der Waals surface area contributed by atoms with E-state index in [9.17, 15) is 4.79 Å². The predicted molar refractivity (Wildman–Crippen MR) is 97.4 cm³/mol. The molecule has 3 unspecified atom stereocenters. The molecule has 5 heteroatoms. The topological polar surface area (TPSA) is 56.4 Å². The molecule has 2 aromatic rings. The van der Waals surface area contributed by atoms with Crippen LogP contribution in [0.15, 0.2) is 54.6 Å². The number of hydrazine groups is 2. The summed E-state index contributed by atoms with van der Waals surface area (Å²) in [6.07, 6.45) is 1.75. The first-order valence-electron chi connectivity index (χ1n) is 8.92. The van der Waals surface area contributed by atoms with Gasteiger partial charge in [0.05, 0.1) is 6.04 Å². The second kappa shape index (κ2) is 6.96. The van der Waals surface area contributed by atoms with E-state index in [4.69, 9.17) is 0 Å². The highest BCUT2D eigenvalue weighted by Gasteiger charge is 2.38. The molecule has 2 heterocycles. The number of hydrogen-bond donors (Lipinski definition) is 3. The van der Waals surface area contributed by atoms with Crippen LogP contribution < -0.4 is 16.4 Å². The van der Waals surface area contributed by atoms with Gasteiger partial charge in [0.1, 0.15) is 6.04 Å². The molecule has 2 aliphatic heterocycles. The van der Waals surface area contributed by atoms with Crippen LogP contribution in [0.3, 0.4) is 0 Å². The molecule has 2 aliphatic rings. The number of benzene rings is 2. The fraction of sp³-hybridized carbons (Fsp3) is 0.350. The summed E-state index contributed by atoms with van der Waals surface area (Å²) >= 11 is 0. The highest BCUT2D eigenvalue weighted by atomic mass is 16.2. The number of amides is 1. The van der Waals surface area contributed by atoms with Gasteiger partial charge in [-0.1, -0.05) is 54.6 Å². The Kier molecular flexibility index (Phi) is 4.53. The first-order valence-corrected chi connectivity index (χ1v) is 8.92. The number of nitrogens with one attached hydrogen (secondary N) is 3. The van der Waals surface area contributed by atoms with Crippen molar-refractivity contribution < 1.29 is 4.79 Å². The van der Waals surface area contributed by atoms with Crippen molar-refractivity contribution in [3.63, 3.8) is 0 Å². The Balaban J connectivity index is 1.66. The van der Waals surface area contributed by atoms with Crippen LogP contribution in [-0.4, -0.2) is 29.4 Å². The van der Waals surface area contributed by atoms with Gasteiger partial charge in [-0.2, -0.15) is 5.53 Å². The fourth-order valence-electron chi connectivity index (χ4n) is 3.87. The molecule has 25 heavy (non-hydrogen) atoms. The zero-order chi connectivity index (χ0) is 17.2. The summed E-state index contributed by atoms with van der Waals surface area (Å²) in [5.41, 5.74) is 12.9. The molecule has 0 spiro atoms. The molecule has 0 saturated carbocycles. The minimum Gasteiger partial charge on any atom is -0.334 e. The van der Waals surface area contributed by atoms with Crippen molar-refractivity contribution in [3.05, 3.63) is 71.3 Å². The lowest BCUT2D eigenvalue weighted by molar-refractivity contribution is -0.136. The van der Waals surface area contributed by atoms with Crippen LogP contribution >= 0.6 is 0 Å². The van der Waals surface area contributed by atoms with E-state index in [1.165, 1.54) is 16.7 Å². The first kappa shape index (κ1) is 16.3. The molecule has 1 fully saturated rings.